The standard InChI is InChI=1S/C16H8F3N3O/c17-11-5-3-7-13(10(11)8-20)23-16-9-4-1-2-6-12(9)21-15(22-16)14(18)19/h1-7,14H. The minimum Gasteiger partial charge on any atom is -0.437 e. The molecule has 0 radical (unpaired) electrons. The Morgan fingerprint density at radius 3 is 2.57 bits per heavy atom. The van der Waals surface area contributed by atoms with Crippen LogP contribution in [0.25, 0.3) is 10.9 Å². The van der Waals surface area contributed by atoms with E-state index >= 15 is 0 Å². The van der Waals surface area contributed by atoms with Gasteiger partial charge in [-0.25, -0.2) is 18.2 Å². The maximum absolute atomic E-state index is 13.6. The Hall–Kier alpha value is -3.14. The van der Waals surface area contributed by atoms with E-state index in [1.54, 1.807) is 24.3 Å². The van der Waals surface area contributed by atoms with Crippen LogP contribution in [-0.4, -0.2) is 9.97 Å². The predicted molar refractivity (Wildman–Crippen MR) is 75.7 cm³/mol. The van der Waals surface area contributed by atoms with Crippen molar-refractivity contribution in [2.24, 2.45) is 0 Å². The van der Waals surface area contributed by atoms with Crippen LogP contribution in [0, 0.1) is 17.1 Å². The van der Waals surface area contributed by atoms with E-state index in [1.165, 1.54) is 18.2 Å². The minimum absolute atomic E-state index is 0.100. The number of halogens is 3. The van der Waals surface area contributed by atoms with Gasteiger partial charge in [-0.15, -0.1) is 0 Å². The number of ether oxygens (including phenoxy) is 1. The molecule has 0 bridgehead atoms. The van der Waals surface area contributed by atoms with Crippen molar-refractivity contribution < 1.29 is 17.9 Å². The fraction of sp³-hybridized carbons (Fsp3) is 0.0625. The highest BCUT2D eigenvalue weighted by molar-refractivity contribution is 5.83. The van der Waals surface area contributed by atoms with Crippen molar-refractivity contribution in [1.29, 1.82) is 5.26 Å². The van der Waals surface area contributed by atoms with Gasteiger partial charge in [0.15, 0.2) is 5.82 Å². The molecule has 1 heterocycles. The van der Waals surface area contributed by atoms with E-state index in [1.807, 2.05) is 0 Å². The molecule has 114 valence electrons. The van der Waals surface area contributed by atoms with Crippen LogP contribution in [0.15, 0.2) is 42.5 Å². The van der Waals surface area contributed by atoms with Gasteiger partial charge in [0.1, 0.15) is 23.2 Å². The van der Waals surface area contributed by atoms with Crippen molar-refractivity contribution >= 4 is 10.9 Å². The molecule has 0 aliphatic carbocycles. The number of benzene rings is 2. The van der Waals surface area contributed by atoms with Crippen LogP contribution in [-0.2, 0) is 0 Å². The molecule has 0 atom stereocenters. The van der Waals surface area contributed by atoms with Gasteiger partial charge in [-0.1, -0.05) is 18.2 Å². The molecule has 0 saturated heterocycles. The lowest BCUT2D eigenvalue weighted by Crippen LogP contribution is -2.00. The first-order valence-electron chi connectivity index (χ1n) is 6.51. The first-order chi connectivity index (χ1) is 11.1. The second-order valence-corrected chi connectivity index (χ2v) is 4.53. The number of nitriles is 1. The molecule has 2 aromatic carbocycles. The number of fused-ring (bicyclic) bond motifs is 1. The highest BCUT2D eigenvalue weighted by Crippen LogP contribution is 2.31. The van der Waals surface area contributed by atoms with Crippen LogP contribution in [0.3, 0.4) is 0 Å². The van der Waals surface area contributed by atoms with Crippen LogP contribution < -0.4 is 4.74 Å². The van der Waals surface area contributed by atoms with Crippen molar-refractivity contribution in [1.82, 2.24) is 9.97 Å². The van der Waals surface area contributed by atoms with E-state index in [0.717, 1.165) is 6.07 Å². The van der Waals surface area contributed by atoms with Crippen LogP contribution in [0.1, 0.15) is 17.8 Å². The summed E-state index contributed by atoms with van der Waals surface area (Å²) in [5.74, 6) is -1.73. The Balaban J connectivity index is 2.17. The summed E-state index contributed by atoms with van der Waals surface area (Å²) in [7, 11) is 0. The predicted octanol–water partition coefficient (Wildman–Crippen LogP) is 4.37. The van der Waals surface area contributed by atoms with Gasteiger partial charge >= 0.3 is 0 Å². The Kier molecular flexibility index (Phi) is 3.81. The average Bonchev–Trinajstić information content (AvgIpc) is 2.55. The fourth-order valence-corrected chi connectivity index (χ4v) is 2.04. The summed E-state index contributed by atoms with van der Waals surface area (Å²) in [6, 6.07) is 11.9. The number of para-hydroxylation sites is 1. The van der Waals surface area contributed by atoms with Crippen molar-refractivity contribution in [2.45, 2.75) is 6.43 Å². The topological polar surface area (TPSA) is 58.8 Å². The molecule has 3 aromatic rings. The second-order valence-electron chi connectivity index (χ2n) is 4.53. The molecule has 0 N–H and O–H groups in total. The molecule has 0 saturated carbocycles. The Labute approximate surface area is 128 Å². The van der Waals surface area contributed by atoms with Crippen LogP contribution in [0.4, 0.5) is 13.2 Å². The van der Waals surface area contributed by atoms with Gasteiger partial charge < -0.3 is 4.74 Å². The maximum atomic E-state index is 13.6. The molecule has 0 spiro atoms. The van der Waals surface area contributed by atoms with Gasteiger partial charge in [0.05, 0.1) is 10.9 Å². The Bertz CT molecular complexity index is 922. The molecule has 7 heteroatoms. The van der Waals surface area contributed by atoms with Crippen LogP contribution in [0.5, 0.6) is 11.6 Å². The lowest BCUT2D eigenvalue weighted by molar-refractivity contribution is 0.140. The zero-order valence-electron chi connectivity index (χ0n) is 11.5. The molecule has 4 nitrogen and oxygen atoms in total. The molecule has 0 fully saturated rings. The summed E-state index contributed by atoms with van der Waals surface area (Å²) in [5, 5.41) is 9.39. The number of alkyl halides is 2. The van der Waals surface area contributed by atoms with Gasteiger partial charge in [0, 0.05) is 0 Å². The van der Waals surface area contributed by atoms with E-state index in [2.05, 4.69) is 9.97 Å². The highest BCUT2D eigenvalue weighted by Gasteiger charge is 2.18. The van der Waals surface area contributed by atoms with Gasteiger partial charge in [-0.05, 0) is 24.3 Å². The molecular formula is C16H8F3N3O. The Morgan fingerprint density at radius 2 is 1.83 bits per heavy atom. The number of nitrogens with zero attached hydrogens (tertiary/aromatic N) is 3. The molecule has 0 amide bonds. The summed E-state index contributed by atoms with van der Waals surface area (Å²) in [6.45, 7) is 0. The smallest absolute Gasteiger partial charge is 0.297 e. The minimum atomic E-state index is -2.88. The molecule has 0 unspecified atom stereocenters. The number of aromatic nitrogens is 2. The summed E-state index contributed by atoms with van der Waals surface area (Å²) < 4.78 is 44.9. The summed E-state index contributed by atoms with van der Waals surface area (Å²) >= 11 is 0. The van der Waals surface area contributed by atoms with Gasteiger partial charge in [-0.3, -0.25) is 0 Å². The van der Waals surface area contributed by atoms with E-state index in [4.69, 9.17) is 10.00 Å². The van der Waals surface area contributed by atoms with Crippen molar-refractivity contribution in [3.8, 4) is 17.7 Å². The summed E-state index contributed by atoms with van der Waals surface area (Å²) in [6.07, 6.45) is -2.88. The van der Waals surface area contributed by atoms with E-state index in [0.29, 0.717) is 5.39 Å². The summed E-state index contributed by atoms with van der Waals surface area (Å²) in [5.41, 5.74) is -0.0588. The van der Waals surface area contributed by atoms with Crippen LogP contribution in [0.2, 0.25) is 0 Å². The first kappa shape index (κ1) is 14.8. The molecule has 0 aliphatic rings. The summed E-state index contributed by atoms with van der Waals surface area (Å²) in [4.78, 5) is 7.44. The third kappa shape index (κ3) is 2.79. The molecule has 23 heavy (non-hydrogen) atoms. The number of hydrogen-bond donors (Lipinski definition) is 0. The van der Waals surface area contributed by atoms with Crippen molar-refractivity contribution in [2.75, 3.05) is 0 Å². The third-order valence-corrected chi connectivity index (χ3v) is 3.07. The monoisotopic (exact) mass is 315 g/mol. The normalized spacial score (nSPS) is 10.7. The van der Waals surface area contributed by atoms with E-state index in [9.17, 15) is 13.2 Å². The van der Waals surface area contributed by atoms with E-state index in [-0.39, 0.29) is 22.7 Å². The lowest BCUT2D eigenvalue weighted by Gasteiger charge is -2.10. The quantitative estimate of drug-likeness (QED) is 0.720. The van der Waals surface area contributed by atoms with Crippen molar-refractivity contribution in [3.05, 3.63) is 59.7 Å². The Morgan fingerprint density at radius 1 is 1.04 bits per heavy atom. The highest BCUT2D eigenvalue weighted by atomic mass is 19.3. The fourth-order valence-electron chi connectivity index (χ4n) is 2.04. The largest absolute Gasteiger partial charge is 0.437 e. The lowest BCUT2D eigenvalue weighted by atomic mass is 10.2. The average molecular weight is 315 g/mol. The maximum Gasteiger partial charge on any atom is 0.297 e. The molecule has 1 aromatic heterocycles. The SMILES string of the molecule is N#Cc1c(F)cccc1Oc1nc(C(F)F)nc2ccccc12. The van der Waals surface area contributed by atoms with Crippen molar-refractivity contribution in [3.63, 3.8) is 0 Å². The number of rotatable bonds is 3. The second kappa shape index (κ2) is 5.93. The number of hydrogen-bond acceptors (Lipinski definition) is 4. The van der Waals surface area contributed by atoms with Crippen LogP contribution >= 0.6 is 0 Å². The third-order valence-electron chi connectivity index (χ3n) is 3.07. The zero-order chi connectivity index (χ0) is 16.4. The molecule has 3 rings (SSSR count). The van der Waals surface area contributed by atoms with E-state index < -0.39 is 18.1 Å². The molecule has 0 aliphatic heterocycles. The van der Waals surface area contributed by atoms with Gasteiger partial charge in [0.25, 0.3) is 6.43 Å². The van der Waals surface area contributed by atoms with Gasteiger partial charge in [-0.2, -0.15) is 10.2 Å². The first-order valence-corrected chi connectivity index (χ1v) is 6.51. The van der Waals surface area contributed by atoms with Gasteiger partial charge in [0.2, 0.25) is 5.88 Å². The molecular weight excluding hydrogens is 307 g/mol. The zero-order valence-corrected chi connectivity index (χ0v) is 11.5.